The van der Waals surface area contributed by atoms with E-state index in [1.54, 1.807) is 6.07 Å². The first-order valence-corrected chi connectivity index (χ1v) is 6.29. The Morgan fingerprint density at radius 1 is 1.42 bits per heavy atom. The van der Waals surface area contributed by atoms with Crippen LogP contribution in [0.15, 0.2) is 18.2 Å². The van der Waals surface area contributed by atoms with E-state index < -0.39 is 5.97 Å². The fraction of sp³-hybridized carbons (Fsp3) is 0.429. The van der Waals surface area contributed by atoms with Crippen molar-refractivity contribution < 1.29 is 14.7 Å². The smallest absolute Gasteiger partial charge is 0.335 e. The Hall–Kier alpha value is -1.88. The third-order valence-corrected chi connectivity index (χ3v) is 2.82. The molecule has 104 valence electrons. The summed E-state index contributed by atoms with van der Waals surface area (Å²) in [7, 11) is 0. The van der Waals surface area contributed by atoms with E-state index in [1.807, 2.05) is 13.8 Å². The van der Waals surface area contributed by atoms with Gasteiger partial charge in [-0.3, -0.25) is 4.79 Å². The fourth-order valence-electron chi connectivity index (χ4n) is 1.69. The van der Waals surface area contributed by atoms with Gasteiger partial charge in [-0.05, 0) is 44.4 Å². The first kappa shape index (κ1) is 15.2. The minimum absolute atomic E-state index is 0.0878. The van der Waals surface area contributed by atoms with Gasteiger partial charge in [0.25, 0.3) is 0 Å². The molecule has 1 amide bonds. The van der Waals surface area contributed by atoms with Crippen molar-refractivity contribution in [3.8, 4) is 0 Å². The number of anilines is 1. The van der Waals surface area contributed by atoms with Crippen LogP contribution in [-0.4, -0.2) is 23.0 Å². The zero-order chi connectivity index (χ0) is 14.4. The number of aryl methyl sites for hydroxylation is 1. The van der Waals surface area contributed by atoms with E-state index in [9.17, 15) is 9.59 Å². The molecule has 0 bridgehead atoms. The Bertz CT molecular complexity index is 470. The summed E-state index contributed by atoms with van der Waals surface area (Å²) >= 11 is 0. The van der Waals surface area contributed by atoms with Crippen LogP contribution in [-0.2, 0) is 4.79 Å². The standard InChI is InChI=1S/C14H20N2O3/c1-9-6-7-11(14(18)19)8-12(9)16-13(17)5-3-4-10(2)15/h6-8,10H,3-5,15H2,1-2H3,(H,16,17)(H,18,19). The molecule has 0 saturated carbocycles. The number of hydrogen-bond acceptors (Lipinski definition) is 3. The van der Waals surface area contributed by atoms with Crippen molar-refractivity contribution in [2.45, 2.75) is 39.2 Å². The molecule has 0 aliphatic rings. The topological polar surface area (TPSA) is 92.4 Å². The molecule has 0 radical (unpaired) electrons. The van der Waals surface area contributed by atoms with E-state index in [4.69, 9.17) is 10.8 Å². The van der Waals surface area contributed by atoms with Gasteiger partial charge in [-0.2, -0.15) is 0 Å². The van der Waals surface area contributed by atoms with Gasteiger partial charge in [-0.15, -0.1) is 0 Å². The Labute approximate surface area is 112 Å². The molecule has 0 aromatic heterocycles. The van der Waals surface area contributed by atoms with Gasteiger partial charge in [0.15, 0.2) is 0 Å². The van der Waals surface area contributed by atoms with E-state index in [2.05, 4.69) is 5.32 Å². The van der Waals surface area contributed by atoms with Gasteiger partial charge in [-0.1, -0.05) is 6.07 Å². The Morgan fingerprint density at radius 3 is 2.68 bits per heavy atom. The molecule has 1 aromatic rings. The number of rotatable bonds is 6. The van der Waals surface area contributed by atoms with Crippen molar-refractivity contribution in [1.29, 1.82) is 0 Å². The molecule has 19 heavy (non-hydrogen) atoms. The van der Waals surface area contributed by atoms with Crippen LogP contribution in [0.2, 0.25) is 0 Å². The van der Waals surface area contributed by atoms with Gasteiger partial charge in [0.1, 0.15) is 0 Å². The summed E-state index contributed by atoms with van der Waals surface area (Å²) in [6, 6.07) is 4.76. The lowest BCUT2D eigenvalue weighted by molar-refractivity contribution is -0.116. The van der Waals surface area contributed by atoms with Crippen LogP contribution in [0.25, 0.3) is 0 Å². The quantitative estimate of drug-likeness (QED) is 0.734. The maximum atomic E-state index is 11.7. The molecule has 1 rings (SSSR count). The molecule has 5 nitrogen and oxygen atoms in total. The normalized spacial score (nSPS) is 11.9. The van der Waals surface area contributed by atoms with E-state index in [0.29, 0.717) is 12.1 Å². The maximum Gasteiger partial charge on any atom is 0.335 e. The molecule has 1 atom stereocenters. The summed E-state index contributed by atoms with van der Waals surface area (Å²) in [5, 5.41) is 11.6. The van der Waals surface area contributed by atoms with E-state index in [-0.39, 0.29) is 17.5 Å². The molecule has 0 fully saturated rings. The first-order valence-electron chi connectivity index (χ1n) is 6.29. The van der Waals surface area contributed by atoms with Crippen LogP contribution < -0.4 is 11.1 Å². The average molecular weight is 264 g/mol. The molecule has 1 unspecified atom stereocenters. The molecule has 0 heterocycles. The zero-order valence-electron chi connectivity index (χ0n) is 11.3. The lowest BCUT2D eigenvalue weighted by Gasteiger charge is -2.10. The number of amides is 1. The van der Waals surface area contributed by atoms with Crippen molar-refractivity contribution in [1.82, 2.24) is 0 Å². The van der Waals surface area contributed by atoms with Gasteiger partial charge >= 0.3 is 5.97 Å². The summed E-state index contributed by atoms with van der Waals surface area (Å²) in [6.07, 6.45) is 1.90. The number of carbonyl (C=O) groups is 2. The Balaban J connectivity index is 2.63. The number of hydrogen-bond donors (Lipinski definition) is 3. The molecular weight excluding hydrogens is 244 g/mol. The maximum absolute atomic E-state index is 11.7. The van der Waals surface area contributed by atoms with Crippen LogP contribution in [0.5, 0.6) is 0 Å². The highest BCUT2D eigenvalue weighted by molar-refractivity contribution is 5.94. The summed E-state index contributed by atoms with van der Waals surface area (Å²) in [5.74, 6) is -1.13. The predicted octanol–water partition coefficient (Wildman–Crippen LogP) is 2.15. The van der Waals surface area contributed by atoms with Crippen LogP contribution in [0.3, 0.4) is 0 Å². The minimum atomic E-state index is -1.01. The van der Waals surface area contributed by atoms with Crippen molar-refractivity contribution in [2.75, 3.05) is 5.32 Å². The third kappa shape index (κ3) is 5.09. The molecule has 5 heteroatoms. The van der Waals surface area contributed by atoms with E-state index in [1.165, 1.54) is 12.1 Å². The number of carboxylic acids is 1. The zero-order valence-corrected chi connectivity index (χ0v) is 11.3. The summed E-state index contributed by atoms with van der Waals surface area (Å²) in [4.78, 5) is 22.6. The average Bonchev–Trinajstić information content (AvgIpc) is 2.31. The SMILES string of the molecule is Cc1ccc(C(=O)O)cc1NC(=O)CCCC(C)N. The van der Waals surface area contributed by atoms with Gasteiger partial charge in [-0.25, -0.2) is 4.79 Å². The summed E-state index contributed by atoms with van der Waals surface area (Å²) in [6.45, 7) is 3.72. The highest BCUT2D eigenvalue weighted by Gasteiger charge is 2.09. The molecule has 1 aromatic carbocycles. The van der Waals surface area contributed by atoms with Crippen molar-refractivity contribution in [3.63, 3.8) is 0 Å². The van der Waals surface area contributed by atoms with Crippen molar-refractivity contribution >= 4 is 17.6 Å². The van der Waals surface area contributed by atoms with Crippen molar-refractivity contribution in [3.05, 3.63) is 29.3 Å². The number of carbonyl (C=O) groups excluding carboxylic acids is 1. The predicted molar refractivity (Wildman–Crippen MR) is 74.3 cm³/mol. The van der Waals surface area contributed by atoms with E-state index >= 15 is 0 Å². The summed E-state index contributed by atoms with van der Waals surface area (Å²) in [5.41, 5.74) is 7.16. The van der Waals surface area contributed by atoms with Gasteiger partial charge in [0.2, 0.25) is 5.91 Å². The number of nitrogens with one attached hydrogen (secondary N) is 1. The Kier molecular flexibility index (Phi) is 5.51. The number of nitrogens with two attached hydrogens (primary N) is 1. The minimum Gasteiger partial charge on any atom is -0.478 e. The molecule has 4 N–H and O–H groups in total. The molecule has 0 aliphatic carbocycles. The van der Waals surface area contributed by atoms with Crippen molar-refractivity contribution in [2.24, 2.45) is 5.73 Å². The number of carboxylic acid groups (broad SMARTS) is 1. The number of benzene rings is 1. The monoisotopic (exact) mass is 264 g/mol. The molecule has 0 saturated heterocycles. The molecule has 0 spiro atoms. The van der Waals surface area contributed by atoms with Crippen LogP contribution in [0, 0.1) is 6.92 Å². The van der Waals surface area contributed by atoms with Gasteiger partial charge < -0.3 is 16.2 Å². The molecular formula is C14H20N2O3. The lowest BCUT2D eigenvalue weighted by Crippen LogP contribution is -2.17. The van der Waals surface area contributed by atoms with Crippen LogP contribution >= 0.6 is 0 Å². The second-order valence-corrected chi connectivity index (χ2v) is 4.75. The largest absolute Gasteiger partial charge is 0.478 e. The highest BCUT2D eigenvalue weighted by atomic mass is 16.4. The summed E-state index contributed by atoms with van der Waals surface area (Å²) < 4.78 is 0. The van der Waals surface area contributed by atoms with Crippen LogP contribution in [0.1, 0.15) is 42.1 Å². The second kappa shape index (κ2) is 6.89. The number of aromatic carboxylic acids is 1. The lowest BCUT2D eigenvalue weighted by atomic mass is 10.1. The molecule has 0 aliphatic heterocycles. The second-order valence-electron chi connectivity index (χ2n) is 4.75. The third-order valence-electron chi connectivity index (χ3n) is 2.82. The first-order chi connectivity index (χ1) is 8.90. The Morgan fingerprint density at radius 2 is 2.11 bits per heavy atom. The van der Waals surface area contributed by atoms with Crippen LogP contribution in [0.4, 0.5) is 5.69 Å². The van der Waals surface area contributed by atoms with E-state index in [0.717, 1.165) is 18.4 Å². The van der Waals surface area contributed by atoms with Gasteiger partial charge in [0, 0.05) is 18.2 Å². The fourth-order valence-corrected chi connectivity index (χ4v) is 1.69. The van der Waals surface area contributed by atoms with Gasteiger partial charge in [0.05, 0.1) is 5.56 Å². The highest BCUT2D eigenvalue weighted by Crippen LogP contribution is 2.17.